The monoisotopic (exact) mass is 304 g/mol. The molecule has 0 radical (unpaired) electrons. The predicted molar refractivity (Wildman–Crippen MR) is 82.5 cm³/mol. The zero-order chi connectivity index (χ0) is 14.1. The molecule has 0 bridgehead atoms. The van der Waals surface area contributed by atoms with E-state index >= 15 is 0 Å². The fraction of sp³-hybridized carbons (Fsp3) is 0.571. The van der Waals surface area contributed by atoms with Gasteiger partial charge in [-0.25, -0.2) is 0 Å². The zero-order valence-corrected chi connectivity index (χ0v) is 13.1. The van der Waals surface area contributed by atoms with Crippen LogP contribution in [0.25, 0.3) is 0 Å². The standard InChI is InChI=1S/C14H22Cl2N2O/c1-3-17-6-5-7-18-10-11-8-12(15)14(19-4-2)13(16)9-11/h8-9,17-18H,3-7,10H2,1-2H3. The predicted octanol–water partition coefficient (Wildman–Crippen LogP) is 3.48. The van der Waals surface area contributed by atoms with E-state index in [1.165, 1.54) is 0 Å². The van der Waals surface area contributed by atoms with Crippen LogP contribution in [0.3, 0.4) is 0 Å². The molecule has 0 saturated heterocycles. The summed E-state index contributed by atoms with van der Waals surface area (Å²) < 4.78 is 5.40. The molecule has 5 heteroatoms. The van der Waals surface area contributed by atoms with Gasteiger partial charge in [-0.05, 0) is 50.7 Å². The van der Waals surface area contributed by atoms with Crippen molar-refractivity contribution in [3.63, 3.8) is 0 Å². The van der Waals surface area contributed by atoms with Crippen molar-refractivity contribution >= 4 is 23.2 Å². The Bertz CT molecular complexity index is 363. The van der Waals surface area contributed by atoms with Crippen LogP contribution in [0.4, 0.5) is 0 Å². The molecule has 1 aromatic carbocycles. The Morgan fingerprint density at radius 2 is 1.68 bits per heavy atom. The highest BCUT2D eigenvalue weighted by molar-refractivity contribution is 6.37. The molecule has 3 nitrogen and oxygen atoms in total. The molecule has 1 rings (SSSR count). The summed E-state index contributed by atoms with van der Waals surface area (Å²) >= 11 is 12.3. The van der Waals surface area contributed by atoms with Crippen LogP contribution >= 0.6 is 23.2 Å². The lowest BCUT2D eigenvalue weighted by Crippen LogP contribution is -2.21. The largest absolute Gasteiger partial charge is 0.491 e. The van der Waals surface area contributed by atoms with Gasteiger partial charge in [0, 0.05) is 6.54 Å². The number of hydrogen-bond acceptors (Lipinski definition) is 3. The summed E-state index contributed by atoms with van der Waals surface area (Å²) in [4.78, 5) is 0. The van der Waals surface area contributed by atoms with E-state index in [1.54, 1.807) is 0 Å². The second-order valence-corrected chi connectivity index (χ2v) is 5.02. The Labute approximate surface area is 125 Å². The summed E-state index contributed by atoms with van der Waals surface area (Å²) in [5, 5.41) is 7.79. The van der Waals surface area contributed by atoms with Crippen LogP contribution in [-0.2, 0) is 6.54 Å². The van der Waals surface area contributed by atoms with Crippen molar-refractivity contribution in [1.82, 2.24) is 10.6 Å². The molecule has 0 amide bonds. The lowest BCUT2D eigenvalue weighted by molar-refractivity contribution is 0.340. The average molecular weight is 305 g/mol. The normalized spacial score (nSPS) is 10.7. The van der Waals surface area contributed by atoms with Crippen molar-refractivity contribution in [3.8, 4) is 5.75 Å². The van der Waals surface area contributed by atoms with Gasteiger partial charge < -0.3 is 15.4 Å². The summed E-state index contributed by atoms with van der Waals surface area (Å²) in [5.74, 6) is 0.571. The first kappa shape index (κ1) is 16.6. The topological polar surface area (TPSA) is 33.3 Å². The number of rotatable bonds is 9. The molecule has 0 atom stereocenters. The number of ether oxygens (including phenoxy) is 1. The lowest BCUT2D eigenvalue weighted by Gasteiger charge is -2.11. The Balaban J connectivity index is 2.42. The molecule has 0 aliphatic carbocycles. The average Bonchev–Trinajstić information content (AvgIpc) is 2.38. The molecule has 0 unspecified atom stereocenters. The maximum absolute atomic E-state index is 6.15. The molecule has 0 heterocycles. The summed E-state index contributed by atoms with van der Waals surface area (Å²) in [5.41, 5.74) is 1.07. The summed E-state index contributed by atoms with van der Waals surface area (Å²) in [6, 6.07) is 3.80. The highest BCUT2D eigenvalue weighted by Gasteiger charge is 2.08. The van der Waals surface area contributed by atoms with Crippen molar-refractivity contribution in [2.75, 3.05) is 26.2 Å². The first-order valence-corrected chi connectivity index (χ1v) is 7.46. The summed E-state index contributed by atoms with van der Waals surface area (Å²) in [6.07, 6.45) is 1.10. The van der Waals surface area contributed by atoms with Gasteiger partial charge in [0.05, 0.1) is 16.7 Å². The molecular formula is C14H22Cl2N2O. The molecule has 108 valence electrons. The van der Waals surface area contributed by atoms with Gasteiger partial charge >= 0.3 is 0 Å². The maximum Gasteiger partial charge on any atom is 0.156 e. The van der Waals surface area contributed by atoms with Crippen LogP contribution in [0.1, 0.15) is 25.8 Å². The SMILES string of the molecule is CCNCCCNCc1cc(Cl)c(OCC)c(Cl)c1. The molecular weight excluding hydrogens is 283 g/mol. The minimum atomic E-state index is 0.557. The molecule has 2 N–H and O–H groups in total. The molecule has 0 aliphatic rings. The molecule has 1 aromatic rings. The van der Waals surface area contributed by atoms with Gasteiger partial charge in [-0.3, -0.25) is 0 Å². The van der Waals surface area contributed by atoms with E-state index < -0.39 is 0 Å². The molecule has 0 spiro atoms. The van der Waals surface area contributed by atoms with Gasteiger partial charge in [0.1, 0.15) is 0 Å². The zero-order valence-electron chi connectivity index (χ0n) is 11.6. The lowest BCUT2D eigenvalue weighted by atomic mass is 10.2. The Morgan fingerprint density at radius 1 is 1.05 bits per heavy atom. The molecule has 19 heavy (non-hydrogen) atoms. The minimum absolute atomic E-state index is 0.557. The first-order chi connectivity index (χ1) is 9.19. The fourth-order valence-electron chi connectivity index (χ4n) is 1.74. The van der Waals surface area contributed by atoms with Crippen LogP contribution in [0, 0.1) is 0 Å². The fourth-order valence-corrected chi connectivity index (χ4v) is 2.39. The number of hydrogen-bond donors (Lipinski definition) is 2. The van der Waals surface area contributed by atoms with Crippen molar-refractivity contribution < 1.29 is 4.74 Å². The molecule has 0 aliphatic heterocycles. The Hall–Kier alpha value is -0.480. The summed E-state index contributed by atoms with van der Waals surface area (Å²) in [7, 11) is 0. The third-order valence-corrected chi connectivity index (χ3v) is 3.19. The highest BCUT2D eigenvalue weighted by Crippen LogP contribution is 2.34. The van der Waals surface area contributed by atoms with Crippen LogP contribution in [0.2, 0.25) is 10.0 Å². The summed E-state index contributed by atoms with van der Waals surface area (Å²) in [6.45, 7) is 8.36. The van der Waals surface area contributed by atoms with Gasteiger partial charge in [-0.15, -0.1) is 0 Å². The van der Waals surface area contributed by atoms with E-state index in [9.17, 15) is 0 Å². The van der Waals surface area contributed by atoms with Crippen molar-refractivity contribution in [2.24, 2.45) is 0 Å². The third kappa shape index (κ3) is 6.00. The van der Waals surface area contributed by atoms with Gasteiger partial charge in [0.15, 0.2) is 5.75 Å². The van der Waals surface area contributed by atoms with E-state index in [0.717, 1.165) is 38.2 Å². The smallest absolute Gasteiger partial charge is 0.156 e. The quantitative estimate of drug-likeness (QED) is 0.685. The van der Waals surface area contributed by atoms with E-state index in [4.69, 9.17) is 27.9 Å². The highest BCUT2D eigenvalue weighted by atomic mass is 35.5. The second kappa shape index (κ2) is 9.43. The Morgan fingerprint density at radius 3 is 2.26 bits per heavy atom. The van der Waals surface area contributed by atoms with Crippen LogP contribution in [0.15, 0.2) is 12.1 Å². The van der Waals surface area contributed by atoms with Crippen LogP contribution in [0.5, 0.6) is 5.75 Å². The van der Waals surface area contributed by atoms with Crippen LogP contribution < -0.4 is 15.4 Å². The second-order valence-electron chi connectivity index (χ2n) is 4.21. The van der Waals surface area contributed by atoms with E-state index in [2.05, 4.69) is 17.6 Å². The number of nitrogens with one attached hydrogen (secondary N) is 2. The van der Waals surface area contributed by atoms with Crippen molar-refractivity contribution in [3.05, 3.63) is 27.7 Å². The molecule has 0 saturated carbocycles. The Kier molecular flexibility index (Phi) is 8.22. The molecule has 0 fully saturated rings. The van der Waals surface area contributed by atoms with Crippen LogP contribution in [-0.4, -0.2) is 26.2 Å². The van der Waals surface area contributed by atoms with Crippen molar-refractivity contribution in [2.45, 2.75) is 26.8 Å². The minimum Gasteiger partial charge on any atom is -0.491 e. The number of benzene rings is 1. The van der Waals surface area contributed by atoms with E-state index in [-0.39, 0.29) is 0 Å². The van der Waals surface area contributed by atoms with Crippen molar-refractivity contribution in [1.29, 1.82) is 0 Å². The van der Waals surface area contributed by atoms with Gasteiger partial charge in [-0.2, -0.15) is 0 Å². The maximum atomic E-state index is 6.15. The van der Waals surface area contributed by atoms with Gasteiger partial charge in [0.25, 0.3) is 0 Å². The first-order valence-electron chi connectivity index (χ1n) is 6.71. The number of halogens is 2. The van der Waals surface area contributed by atoms with Gasteiger partial charge in [-0.1, -0.05) is 30.1 Å². The van der Waals surface area contributed by atoms with Gasteiger partial charge in [0.2, 0.25) is 0 Å². The van der Waals surface area contributed by atoms with E-state index in [1.807, 2.05) is 19.1 Å². The third-order valence-electron chi connectivity index (χ3n) is 2.63. The molecule has 0 aromatic heterocycles. The van der Waals surface area contributed by atoms with E-state index in [0.29, 0.717) is 22.4 Å².